The van der Waals surface area contributed by atoms with Crippen LogP contribution < -0.4 is 4.90 Å². The maximum atomic E-state index is 13.8. The second-order valence-electron chi connectivity index (χ2n) is 7.43. The lowest BCUT2D eigenvalue weighted by molar-refractivity contribution is -0.143. The molecule has 10 heteroatoms. The lowest BCUT2D eigenvalue weighted by Crippen LogP contribution is -2.65. The Morgan fingerprint density at radius 3 is 2.65 bits per heavy atom. The van der Waals surface area contributed by atoms with E-state index in [4.69, 9.17) is 5.11 Å². The number of carbonyl (C=O) groups excluding carboxylic acids is 3. The fraction of sp³-hybridized carbons (Fsp3) is 0.333. The van der Waals surface area contributed by atoms with E-state index in [0.717, 1.165) is 15.8 Å². The molecular formula is C21H20FN3O5S. The van der Waals surface area contributed by atoms with Crippen molar-refractivity contribution in [1.29, 1.82) is 0 Å². The number of aliphatic carboxylic acids is 1. The van der Waals surface area contributed by atoms with E-state index in [-0.39, 0.29) is 31.6 Å². The molecule has 4 amide bonds. The largest absolute Gasteiger partial charge is 0.481 e. The van der Waals surface area contributed by atoms with Crippen LogP contribution in [0.25, 0.3) is 0 Å². The monoisotopic (exact) mass is 445 g/mol. The zero-order valence-electron chi connectivity index (χ0n) is 16.4. The first kappa shape index (κ1) is 21.0. The number of urea groups is 1. The Hall–Kier alpha value is -3.27. The molecular weight excluding hydrogens is 425 g/mol. The summed E-state index contributed by atoms with van der Waals surface area (Å²) in [6, 6.07) is 6.89. The van der Waals surface area contributed by atoms with Crippen molar-refractivity contribution in [2.45, 2.75) is 37.9 Å². The highest BCUT2D eigenvalue weighted by Crippen LogP contribution is 2.35. The lowest BCUT2D eigenvalue weighted by Gasteiger charge is -2.43. The zero-order valence-corrected chi connectivity index (χ0v) is 17.3. The van der Waals surface area contributed by atoms with Crippen molar-refractivity contribution in [2.75, 3.05) is 11.4 Å². The number of amides is 4. The van der Waals surface area contributed by atoms with Crippen LogP contribution in [0.5, 0.6) is 0 Å². The normalized spacial score (nSPS) is 20.9. The lowest BCUT2D eigenvalue weighted by atomic mass is 10.0. The minimum absolute atomic E-state index is 0.0921. The molecule has 2 saturated heterocycles. The molecule has 0 saturated carbocycles. The number of anilines is 1. The van der Waals surface area contributed by atoms with Crippen LogP contribution in [0, 0.1) is 5.82 Å². The third-order valence-electron chi connectivity index (χ3n) is 5.52. The van der Waals surface area contributed by atoms with Gasteiger partial charge in [-0.05, 0) is 36.1 Å². The van der Waals surface area contributed by atoms with Crippen molar-refractivity contribution in [2.24, 2.45) is 0 Å². The summed E-state index contributed by atoms with van der Waals surface area (Å²) in [5, 5.41) is 10.8. The molecule has 2 aliphatic heterocycles. The van der Waals surface area contributed by atoms with Crippen LogP contribution in [0.15, 0.2) is 41.8 Å². The maximum absolute atomic E-state index is 13.8. The van der Waals surface area contributed by atoms with Crippen molar-refractivity contribution in [1.82, 2.24) is 9.80 Å². The van der Waals surface area contributed by atoms with E-state index in [0.29, 0.717) is 6.42 Å². The molecule has 1 aromatic carbocycles. The van der Waals surface area contributed by atoms with Gasteiger partial charge in [-0.25, -0.2) is 14.1 Å². The number of hydrogen-bond acceptors (Lipinski definition) is 5. The molecule has 3 heterocycles. The first-order valence-electron chi connectivity index (χ1n) is 9.80. The summed E-state index contributed by atoms with van der Waals surface area (Å²) < 4.78 is 13.8. The smallest absolute Gasteiger partial charge is 0.332 e. The Balaban J connectivity index is 1.69. The summed E-state index contributed by atoms with van der Waals surface area (Å²) >= 11 is 1.47. The van der Waals surface area contributed by atoms with Gasteiger partial charge >= 0.3 is 12.0 Å². The van der Waals surface area contributed by atoms with Gasteiger partial charge in [0, 0.05) is 17.8 Å². The van der Waals surface area contributed by atoms with Crippen molar-refractivity contribution >= 4 is 40.8 Å². The van der Waals surface area contributed by atoms with Crippen LogP contribution >= 0.6 is 11.3 Å². The Morgan fingerprint density at radius 1 is 1.16 bits per heavy atom. The fourth-order valence-electron chi connectivity index (χ4n) is 4.14. The summed E-state index contributed by atoms with van der Waals surface area (Å²) in [5.41, 5.74) is 0.0921. The molecule has 1 N–H and O–H groups in total. The number of carboxylic acid groups (broad SMARTS) is 1. The van der Waals surface area contributed by atoms with Crippen LogP contribution in [-0.2, 0) is 20.9 Å². The highest BCUT2D eigenvalue weighted by Gasteiger charge is 2.53. The number of imide groups is 1. The van der Waals surface area contributed by atoms with Crippen LogP contribution in [-0.4, -0.2) is 57.3 Å². The Morgan fingerprint density at radius 2 is 1.97 bits per heavy atom. The predicted molar refractivity (Wildman–Crippen MR) is 110 cm³/mol. The number of likely N-dealkylation sites (tertiary alicyclic amines) is 1. The van der Waals surface area contributed by atoms with Gasteiger partial charge in [0.25, 0.3) is 5.91 Å². The Labute approximate surface area is 181 Å². The predicted octanol–water partition coefficient (Wildman–Crippen LogP) is 2.69. The highest BCUT2D eigenvalue weighted by molar-refractivity contribution is 7.09. The summed E-state index contributed by atoms with van der Waals surface area (Å²) in [6.45, 7) is 0.499. The van der Waals surface area contributed by atoms with Crippen molar-refractivity contribution in [3.63, 3.8) is 0 Å². The summed E-state index contributed by atoms with van der Waals surface area (Å²) in [7, 11) is 0. The minimum Gasteiger partial charge on any atom is -0.481 e. The van der Waals surface area contributed by atoms with E-state index in [1.807, 2.05) is 17.5 Å². The van der Waals surface area contributed by atoms with Gasteiger partial charge in [-0.15, -0.1) is 11.3 Å². The Bertz CT molecular complexity index is 1030. The highest BCUT2D eigenvalue weighted by atomic mass is 32.1. The molecule has 0 aliphatic carbocycles. The molecule has 0 spiro atoms. The zero-order chi connectivity index (χ0) is 22.1. The van der Waals surface area contributed by atoms with Gasteiger partial charge in [-0.3, -0.25) is 14.4 Å². The standard InChI is InChI=1S/C21H20FN3O5S/c22-13-3-1-4-14(11-13)25-20(29)19-16(8-9-23(19)17(26)6-7-18(27)28)24(21(25)30)12-15-5-2-10-31-15/h1-5,10-11,16,19H,6-9,12H2,(H,27,28)/t16-,19-/m1/s1. The first-order chi connectivity index (χ1) is 14.9. The van der Waals surface area contributed by atoms with Crippen LogP contribution in [0.2, 0.25) is 0 Å². The SMILES string of the molecule is O=C(O)CCC(=O)N1CC[C@@H]2[C@@H]1C(=O)N(c1cccc(F)c1)C(=O)N2Cc1cccs1. The minimum atomic E-state index is -1.10. The molecule has 162 valence electrons. The fourth-order valence-corrected chi connectivity index (χ4v) is 4.85. The quantitative estimate of drug-likeness (QED) is 0.737. The molecule has 2 atom stereocenters. The number of thiophene rings is 1. The number of halogens is 1. The van der Waals surface area contributed by atoms with Crippen molar-refractivity contribution in [3.05, 3.63) is 52.5 Å². The molecule has 0 unspecified atom stereocenters. The van der Waals surface area contributed by atoms with Gasteiger partial charge in [-0.2, -0.15) is 0 Å². The first-order valence-corrected chi connectivity index (χ1v) is 10.7. The van der Waals surface area contributed by atoms with Gasteiger partial charge in [0.2, 0.25) is 5.91 Å². The summed E-state index contributed by atoms with van der Waals surface area (Å²) in [6.07, 6.45) is -0.166. The van der Waals surface area contributed by atoms with E-state index < -0.39 is 41.7 Å². The topological polar surface area (TPSA) is 98.2 Å². The van der Waals surface area contributed by atoms with Crippen LogP contribution in [0.4, 0.5) is 14.9 Å². The average molecular weight is 445 g/mol. The van der Waals surface area contributed by atoms with Crippen molar-refractivity contribution in [3.8, 4) is 0 Å². The number of hydrogen-bond donors (Lipinski definition) is 1. The number of fused-ring (bicyclic) bond motifs is 1. The molecule has 0 radical (unpaired) electrons. The number of benzene rings is 1. The third kappa shape index (κ3) is 4.02. The third-order valence-corrected chi connectivity index (χ3v) is 6.38. The molecule has 2 aliphatic rings. The second-order valence-corrected chi connectivity index (χ2v) is 8.46. The van der Waals surface area contributed by atoms with Gasteiger partial charge < -0.3 is 14.9 Å². The van der Waals surface area contributed by atoms with E-state index in [9.17, 15) is 23.6 Å². The maximum Gasteiger partial charge on any atom is 0.332 e. The molecule has 1 aromatic heterocycles. The molecule has 2 fully saturated rings. The van der Waals surface area contributed by atoms with Crippen LogP contribution in [0.3, 0.4) is 0 Å². The Kier molecular flexibility index (Phi) is 5.73. The number of rotatable bonds is 6. The summed E-state index contributed by atoms with van der Waals surface area (Å²) in [4.78, 5) is 55.0. The number of carboxylic acids is 1. The van der Waals surface area contributed by atoms with Crippen LogP contribution in [0.1, 0.15) is 24.1 Å². The van der Waals surface area contributed by atoms with E-state index in [1.165, 1.54) is 34.4 Å². The molecule has 31 heavy (non-hydrogen) atoms. The van der Waals surface area contributed by atoms with E-state index in [2.05, 4.69) is 0 Å². The number of nitrogens with zero attached hydrogens (tertiary/aromatic N) is 3. The van der Waals surface area contributed by atoms with Gasteiger partial charge in [-0.1, -0.05) is 12.1 Å². The average Bonchev–Trinajstić information content (AvgIpc) is 3.39. The van der Waals surface area contributed by atoms with Gasteiger partial charge in [0.15, 0.2) is 0 Å². The van der Waals surface area contributed by atoms with E-state index >= 15 is 0 Å². The molecule has 0 bridgehead atoms. The summed E-state index contributed by atoms with van der Waals surface area (Å²) in [5.74, 6) is -2.75. The van der Waals surface area contributed by atoms with Crippen molar-refractivity contribution < 1.29 is 28.7 Å². The van der Waals surface area contributed by atoms with Gasteiger partial charge in [0.1, 0.15) is 11.9 Å². The molecule has 8 nitrogen and oxygen atoms in total. The molecule has 2 aromatic rings. The van der Waals surface area contributed by atoms with E-state index in [1.54, 1.807) is 4.90 Å². The molecule has 4 rings (SSSR count). The number of carbonyl (C=O) groups is 4. The second kappa shape index (κ2) is 8.46. The van der Waals surface area contributed by atoms with Gasteiger partial charge in [0.05, 0.1) is 24.7 Å².